The number of hydrogen-bond acceptors (Lipinski definition) is 3. The minimum atomic E-state index is 0.0885. The maximum atomic E-state index is 13.0. The van der Waals surface area contributed by atoms with Gasteiger partial charge in [0.15, 0.2) is 0 Å². The van der Waals surface area contributed by atoms with Crippen LogP contribution < -0.4 is 4.90 Å². The summed E-state index contributed by atoms with van der Waals surface area (Å²) in [7, 11) is 0. The van der Waals surface area contributed by atoms with Crippen molar-refractivity contribution in [2.24, 2.45) is 0 Å². The highest BCUT2D eigenvalue weighted by atomic mass is 16.2. The van der Waals surface area contributed by atoms with Gasteiger partial charge in [0.05, 0.1) is 0 Å². The number of nitrogens with zero attached hydrogens (tertiary/aromatic N) is 3. The molecule has 0 saturated carbocycles. The number of aryl methyl sites for hydroxylation is 1. The van der Waals surface area contributed by atoms with E-state index in [1.54, 1.807) is 0 Å². The zero-order chi connectivity index (χ0) is 20.1. The van der Waals surface area contributed by atoms with Crippen LogP contribution in [0.1, 0.15) is 47.2 Å². The summed E-state index contributed by atoms with van der Waals surface area (Å²) in [6.07, 6.45) is 8.76. The Morgan fingerprint density at radius 2 is 1.90 bits per heavy atom. The third kappa shape index (κ3) is 4.68. The maximum Gasteiger partial charge on any atom is 0.254 e. The number of amides is 1. The molecule has 1 aromatic carbocycles. The zero-order valence-electron chi connectivity index (χ0n) is 17.0. The van der Waals surface area contributed by atoms with Crippen LogP contribution in [-0.2, 0) is 0 Å². The lowest BCUT2D eigenvalue weighted by molar-refractivity contribution is 0.0746. The Morgan fingerprint density at radius 1 is 1.03 bits per heavy atom. The highest BCUT2D eigenvalue weighted by Gasteiger charge is 2.23. The molecule has 0 N–H and O–H groups in total. The lowest BCUT2D eigenvalue weighted by Gasteiger charge is -2.35. The fraction of sp³-hybridized carbons (Fsp3) is 0.360. The van der Waals surface area contributed by atoms with Crippen molar-refractivity contribution < 1.29 is 4.79 Å². The third-order valence-corrected chi connectivity index (χ3v) is 5.67. The van der Waals surface area contributed by atoms with E-state index in [4.69, 9.17) is 0 Å². The highest BCUT2D eigenvalue weighted by molar-refractivity contribution is 5.95. The van der Waals surface area contributed by atoms with Gasteiger partial charge in [0.25, 0.3) is 5.91 Å². The van der Waals surface area contributed by atoms with Crippen molar-refractivity contribution >= 4 is 11.7 Å². The van der Waals surface area contributed by atoms with Crippen molar-refractivity contribution in [2.75, 3.05) is 31.1 Å². The van der Waals surface area contributed by atoms with E-state index in [2.05, 4.69) is 34.7 Å². The van der Waals surface area contributed by atoms with Gasteiger partial charge in [-0.15, -0.1) is 0 Å². The molecule has 29 heavy (non-hydrogen) atoms. The summed E-state index contributed by atoms with van der Waals surface area (Å²) in [5, 5.41) is 0. The Morgan fingerprint density at radius 3 is 2.62 bits per heavy atom. The van der Waals surface area contributed by atoms with E-state index in [1.807, 2.05) is 47.5 Å². The molecule has 4 heteroatoms. The average Bonchev–Trinajstić information content (AvgIpc) is 2.79. The van der Waals surface area contributed by atoms with Crippen molar-refractivity contribution in [2.45, 2.75) is 32.6 Å². The number of benzene rings is 1. The van der Waals surface area contributed by atoms with Gasteiger partial charge in [-0.3, -0.25) is 4.79 Å². The number of anilines is 1. The lowest BCUT2D eigenvalue weighted by atomic mass is 9.99. The van der Waals surface area contributed by atoms with Crippen LogP contribution in [0.3, 0.4) is 0 Å². The summed E-state index contributed by atoms with van der Waals surface area (Å²) >= 11 is 0. The van der Waals surface area contributed by atoms with Crippen molar-refractivity contribution in [3.05, 3.63) is 70.9 Å². The van der Waals surface area contributed by atoms with Crippen LogP contribution in [0.25, 0.3) is 0 Å². The van der Waals surface area contributed by atoms with E-state index < -0.39 is 0 Å². The molecule has 148 valence electrons. The van der Waals surface area contributed by atoms with Crippen molar-refractivity contribution in [1.29, 1.82) is 0 Å². The second kappa shape index (κ2) is 8.96. The van der Waals surface area contributed by atoms with Crippen LogP contribution in [0.4, 0.5) is 5.82 Å². The average molecular weight is 386 g/mol. The predicted octanol–water partition coefficient (Wildman–Crippen LogP) is 4.20. The quantitative estimate of drug-likeness (QED) is 0.727. The Labute approximate surface area is 173 Å². The molecular weight excluding hydrogens is 358 g/mol. The fourth-order valence-corrected chi connectivity index (χ4v) is 3.85. The summed E-state index contributed by atoms with van der Waals surface area (Å²) in [6, 6.07) is 11.8. The molecule has 0 atom stereocenters. The number of hydrogen-bond donors (Lipinski definition) is 0. The van der Waals surface area contributed by atoms with Gasteiger partial charge in [0.1, 0.15) is 5.82 Å². The first-order valence-corrected chi connectivity index (χ1v) is 10.5. The van der Waals surface area contributed by atoms with Gasteiger partial charge in [0.2, 0.25) is 0 Å². The molecule has 0 radical (unpaired) electrons. The normalized spacial score (nSPS) is 16.7. The largest absolute Gasteiger partial charge is 0.353 e. The molecule has 4 nitrogen and oxygen atoms in total. The first kappa shape index (κ1) is 19.3. The molecular formula is C25H27N3O. The summed E-state index contributed by atoms with van der Waals surface area (Å²) in [4.78, 5) is 21.6. The molecule has 0 unspecified atom stereocenters. The van der Waals surface area contributed by atoms with Crippen LogP contribution >= 0.6 is 0 Å². The fourth-order valence-electron chi connectivity index (χ4n) is 3.85. The van der Waals surface area contributed by atoms with Gasteiger partial charge >= 0.3 is 0 Å². The summed E-state index contributed by atoms with van der Waals surface area (Å²) in [5.41, 5.74) is 4.03. The van der Waals surface area contributed by atoms with E-state index >= 15 is 0 Å². The van der Waals surface area contributed by atoms with Gasteiger partial charge in [-0.1, -0.05) is 30.0 Å². The van der Waals surface area contributed by atoms with Gasteiger partial charge in [-0.2, -0.15) is 0 Å². The monoisotopic (exact) mass is 385 g/mol. The molecule has 1 aliphatic carbocycles. The van der Waals surface area contributed by atoms with Crippen LogP contribution in [-0.4, -0.2) is 42.0 Å². The van der Waals surface area contributed by atoms with Crippen LogP contribution in [0.5, 0.6) is 0 Å². The molecule has 1 saturated heterocycles. The van der Waals surface area contributed by atoms with Gasteiger partial charge in [-0.05, 0) is 68.0 Å². The molecule has 2 aromatic rings. The Hall–Kier alpha value is -3.06. The molecule has 1 amide bonds. The van der Waals surface area contributed by atoms with E-state index in [0.717, 1.165) is 48.4 Å². The second-order valence-electron chi connectivity index (χ2n) is 7.72. The van der Waals surface area contributed by atoms with E-state index in [-0.39, 0.29) is 5.91 Å². The van der Waals surface area contributed by atoms with Gasteiger partial charge < -0.3 is 9.80 Å². The number of carbonyl (C=O) groups is 1. The van der Waals surface area contributed by atoms with Crippen LogP contribution in [0.2, 0.25) is 0 Å². The number of piperazine rings is 1. The topological polar surface area (TPSA) is 36.4 Å². The smallest absolute Gasteiger partial charge is 0.254 e. The number of allylic oxidation sites excluding steroid dienone is 2. The molecule has 0 spiro atoms. The Bertz CT molecular complexity index is 961. The second-order valence-corrected chi connectivity index (χ2v) is 7.72. The standard InChI is InChI=1S/C25H27N3O/c1-20-10-12-23(19-22(20)13-11-21-7-3-2-4-8-21)25(29)28-17-15-27(16-18-28)24-9-5-6-14-26-24/h5-7,9-10,12,14,19H,2-4,8,15-18H2,1H3. The molecule has 2 aliphatic rings. The molecule has 4 rings (SSSR count). The first-order chi connectivity index (χ1) is 14.2. The van der Waals surface area contributed by atoms with E-state index in [9.17, 15) is 4.79 Å². The molecule has 1 aliphatic heterocycles. The lowest BCUT2D eigenvalue weighted by Crippen LogP contribution is -2.49. The van der Waals surface area contributed by atoms with Crippen molar-refractivity contribution in [1.82, 2.24) is 9.88 Å². The SMILES string of the molecule is Cc1ccc(C(=O)N2CCN(c3ccccn3)CC2)cc1C#CC1=CCCCC1. The number of carbonyl (C=O) groups excluding carboxylic acids is 1. The Kier molecular flexibility index (Phi) is 5.95. The summed E-state index contributed by atoms with van der Waals surface area (Å²) in [5.74, 6) is 7.69. The van der Waals surface area contributed by atoms with E-state index in [1.165, 1.54) is 18.4 Å². The third-order valence-electron chi connectivity index (χ3n) is 5.67. The van der Waals surface area contributed by atoms with Crippen LogP contribution in [0.15, 0.2) is 54.2 Å². The zero-order valence-corrected chi connectivity index (χ0v) is 17.0. The summed E-state index contributed by atoms with van der Waals surface area (Å²) < 4.78 is 0. The number of rotatable bonds is 2. The number of pyridine rings is 1. The van der Waals surface area contributed by atoms with Gasteiger partial charge in [-0.25, -0.2) is 4.98 Å². The molecule has 1 fully saturated rings. The minimum absolute atomic E-state index is 0.0885. The van der Waals surface area contributed by atoms with Crippen LogP contribution in [0, 0.1) is 18.8 Å². The Balaban J connectivity index is 1.44. The molecule has 1 aromatic heterocycles. The minimum Gasteiger partial charge on any atom is -0.353 e. The predicted molar refractivity (Wildman–Crippen MR) is 117 cm³/mol. The maximum absolute atomic E-state index is 13.0. The first-order valence-electron chi connectivity index (χ1n) is 10.5. The number of aromatic nitrogens is 1. The van der Waals surface area contributed by atoms with Crippen molar-refractivity contribution in [3.63, 3.8) is 0 Å². The van der Waals surface area contributed by atoms with Crippen molar-refractivity contribution in [3.8, 4) is 11.8 Å². The summed E-state index contributed by atoms with van der Waals surface area (Å²) in [6.45, 7) is 5.07. The molecule has 0 bridgehead atoms. The molecule has 2 heterocycles. The van der Waals surface area contributed by atoms with Gasteiger partial charge in [0, 0.05) is 43.5 Å². The highest BCUT2D eigenvalue weighted by Crippen LogP contribution is 2.18. The van der Waals surface area contributed by atoms with E-state index in [0.29, 0.717) is 13.1 Å².